The standard InChI is InChI=1S/C39H44O3/c1-18(2)25-13-11-20(5)30-27(25)15-22(7)36(40)29-17-24(9)39(10)35(32(29)30)34-33(38(39)42)31-21(6)12-14-26(19(3)4)28(31)16-23(8)37(34)41/h15-17,25-28,30-31,35H,1,3,5-6,11-14H2,2,4,7-10H3/t25-,26-,27-,28-,30-,31-,35?,39-/m1/s1. The van der Waals surface area contributed by atoms with Crippen molar-refractivity contribution in [2.45, 2.75) is 67.2 Å². The van der Waals surface area contributed by atoms with Gasteiger partial charge in [-0.05, 0) is 108 Å². The van der Waals surface area contributed by atoms with Gasteiger partial charge in [0.25, 0.3) is 0 Å². The summed E-state index contributed by atoms with van der Waals surface area (Å²) >= 11 is 0. The van der Waals surface area contributed by atoms with E-state index < -0.39 is 11.3 Å². The van der Waals surface area contributed by atoms with Crippen LogP contribution in [-0.4, -0.2) is 17.3 Å². The van der Waals surface area contributed by atoms with Crippen molar-refractivity contribution < 1.29 is 14.4 Å². The lowest BCUT2D eigenvalue weighted by Crippen LogP contribution is -2.43. The molecule has 0 aliphatic heterocycles. The van der Waals surface area contributed by atoms with Gasteiger partial charge in [0, 0.05) is 34.5 Å². The predicted molar refractivity (Wildman–Crippen MR) is 169 cm³/mol. The van der Waals surface area contributed by atoms with E-state index in [1.54, 1.807) is 0 Å². The van der Waals surface area contributed by atoms with E-state index in [2.05, 4.69) is 52.3 Å². The molecule has 0 aromatic heterocycles. The van der Waals surface area contributed by atoms with Crippen LogP contribution in [0.1, 0.15) is 67.2 Å². The third-order valence-corrected chi connectivity index (χ3v) is 11.8. The van der Waals surface area contributed by atoms with Crippen LogP contribution in [-0.2, 0) is 14.4 Å². The number of hydrogen-bond acceptors (Lipinski definition) is 3. The summed E-state index contributed by atoms with van der Waals surface area (Å²) in [6.07, 6.45) is 9.69. The zero-order chi connectivity index (χ0) is 30.6. The van der Waals surface area contributed by atoms with Gasteiger partial charge in [-0.25, -0.2) is 0 Å². The van der Waals surface area contributed by atoms with E-state index in [1.807, 2.05) is 33.8 Å². The Balaban J connectivity index is 1.67. The normalized spacial score (nSPS) is 37.9. The SMILES string of the molecule is C=C1CC[C@H](C(=C)C)[C@H]2C=C(C)C(=O)C3=C(C(=O)[C@]4(C)C(C)=CC5=C(C34)[C@@H]3C(=C)CC[C@H](C(=C)C)[C@H]3C=C(C)C5=O)[C@H]12. The first-order chi connectivity index (χ1) is 19.7. The van der Waals surface area contributed by atoms with Crippen LogP contribution < -0.4 is 0 Å². The van der Waals surface area contributed by atoms with Crippen LogP contribution >= 0.6 is 0 Å². The van der Waals surface area contributed by atoms with Crippen LogP contribution in [0.2, 0.25) is 0 Å². The first-order valence-electron chi connectivity index (χ1n) is 15.6. The zero-order valence-corrected chi connectivity index (χ0v) is 26.2. The third kappa shape index (κ3) is 3.68. The largest absolute Gasteiger partial charge is 0.293 e. The maximum Gasteiger partial charge on any atom is 0.188 e. The Bertz CT molecular complexity index is 1590. The Labute approximate surface area is 251 Å². The molecular weight excluding hydrogens is 516 g/mol. The molecule has 6 aliphatic carbocycles. The minimum atomic E-state index is -0.947. The van der Waals surface area contributed by atoms with Crippen LogP contribution in [0.5, 0.6) is 0 Å². The summed E-state index contributed by atoms with van der Waals surface area (Å²) in [6, 6.07) is 0. The Morgan fingerprint density at radius 1 is 0.786 bits per heavy atom. The minimum Gasteiger partial charge on any atom is -0.293 e. The monoisotopic (exact) mass is 560 g/mol. The average molecular weight is 561 g/mol. The van der Waals surface area contributed by atoms with E-state index >= 15 is 4.79 Å². The summed E-state index contributed by atoms with van der Waals surface area (Å²) in [5.41, 5.74) is 8.40. The maximum absolute atomic E-state index is 15.0. The van der Waals surface area contributed by atoms with Gasteiger partial charge in [-0.15, -0.1) is 0 Å². The van der Waals surface area contributed by atoms with Crippen molar-refractivity contribution in [3.63, 3.8) is 0 Å². The molecule has 42 heavy (non-hydrogen) atoms. The number of Topliss-reactive ketones (excluding diaryl/α,β-unsaturated/α-hetero) is 3. The van der Waals surface area contributed by atoms with Crippen LogP contribution in [0.15, 0.2) is 106 Å². The number of fused-ring (bicyclic) bond motifs is 7. The van der Waals surface area contributed by atoms with Crippen molar-refractivity contribution in [1.82, 2.24) is 0 Å². The smallest absolute Gasteiger partial charge is 0.188 e. The number of hydrogen-bond donors (Lipinski definition) is 0. The highest BCUT2D eigenvalue weighted by Gasteiger charge is 2.62. The summed E-state index contributed by atoms with van der Waals surface area (Å²) in [5, 5.41) is 0. The predicted octanol–water partition coefficient (Wildman–Crippen LogP) is 8.35. The Morgan fingerprint density at radius 3 is 1.83 bits per heavy atom. The molecule has 0 bridgehead atoms. The lowest BCUT2D eigenvalue weighted by molar-refractivity contribution is -0.123. The van der Waals surface area contributed by atoms with Gasteiger partial charge < -0.3 is 0 Å². The van der Waals surface area contributed by atoms with E-state index in [0.29, 0.717) is 22.3 Å². The van der Waals surface area contributed by atoms with Crippen LogP contribution in [0.4, 0.5) is 0 Å². The van der Waals surface area contributed by atoms with E-state index in [-0.39, 0.29) is 52.9 Å². The van der Waals surface area contributed by atoms with Gasteiger partial charge in [-0.3, -0.25) is 14.4 Å². The molecule has 1 unspecified atom stereocenters. The molecule has 0 aromatic carbocycles. The Kier molecular flexibility index (Phi) is 6.57. The second kappa shape index (κ2) is 9.59. The van der Waals surface area contributed by atoms with Crippen molar-refractivity contribution >= 4 is 17.3 Å². The molecule has 0 amide bonds. The fourth-order valence-corrected chi connectivity index (χ4v) is 9.50. The molecular formula is C39H44O3. The molecule has 2 saturated carbocycles. The number of allylic oxidation sites excluding steroid dienone is 14. The molecule has 0 aromatic rings. The number of rotatable bonds is 2. The highest BCUT2D eigenvalue weighted by atomic mass is 16.1. The maximum atomic E-state index is 15.0. The van der Waals surface area contributed by atoms with Gasteiger partial charge in [-0.2, -0.15) is 0 Å². The molecule has 3 heteroatoms. The molecule has 0 N–H and O–H groups in total. The molecule has 6 aliphatic rings. The van der Waals surface area contributed by atoms with Crippen molar-refractivity contribution in [2.75, 3.05) is 0 Å². The third-order valence-electron chi connectivity index (χ3n) is 11.8. The van der Waals surface area contributed by atoms with E-state index in [9.17, 15) is 9.59 Å². The summed E-state index contributed by atoms with van der Waals surface area (Å²) in [6.45, 7) is 29.6. The summed E-state index contributed by atoms with van der Waals surface area (Å²) < 4.78 is 0. The van der Waals surface area contributed by atoms with Crippen molar-refractivity contribution in [3.05, 3.63) is 106 Å². The molecule has 2 fully saturated rings. The van der Waals surface area contributed by atoms with Crippen molar-refractivity contribution in [3.8, 4) is 0 Å². The van der Waals surface area contributed by atoms with E-state index in [0.717, 1.165) is 64.7 Å². The highest BCUT2D eigenvalue weighted by Crippen LogP contribution is 2.64. The Hall–Kier alpha value is -3.33. The number of carbonyl (C=O) groups is 3. The summed E-state index contributed by atoms with van der Waals surface area (Å²) in [7, 11) is 0. The van der Waals surface area contributed by atoms with Crippen LogP contribution in [0.25, 0.3) is 0 Å². The fourth-order valence-electron chi connectivity index (χ4n) is 9.50. The van der Waals surface area contributed by atoms with Crippen molar-refractivity contribution in [2.24, 2.45) is 46.8 Å². The molecule has 0 heterocycles. The molecule has 0 saturated heterocycles. The number of carbonyl (C=O) groups excluding carboxylic acids is 3. The fraction of sp³-hybridized carbons (Fsp3) is 0.462. The Morgan fingerprint density at radius 2 is 1.29 bits per heavy atom. The van der Waals surface area contributed by atoms with Gasteiger partial charge in [0.1, 0.15) is 0 Å². The first kappa shape index (κ1) is 28.8. The number of ketones is 3. The lowest BCUT2D eigenvalue weighted by Gasteiger charge is -2.46. The average Bonchev–Trinajstić information content (AvgIpc) is 3.00. The van der Waals surface area contributed by atoms with Crippen LogP contribution in [0.3, 0.4) is 0 Å². The first-order valence-corrected chi connectivity index (χ1v) is 15.6. The molecule has 8 atom stereocenters. The van der Waals surface area contributed by atoms with E-state index in [1.165, 1.54) is 0 Å². The molecule has 6 rings (SSSR count). The second-order valence-electron chi connectivity index (χ2n) is 14.3. The lowest BCUT2D eigenvalue weighted by atomic mass is 9.56. The molecule has 218 valence electrons. The topological polar surface area (TPSA) is 51.2 Å². The second-order valence-corrected chi connectivity index (χ2v) is 14.3. The van der Waals surface area contributed by atoms with Gasteiger partial charge >= 0.3 is 0 Å². The van der Waals surface area contributed by atoms with Gasteiger partial charge in [0.15, 0.2) is 17.3 Å². The summed E-state index contributed by atoms with van der Waals surface area (Å²) in [5.74, 6) is -0.582. The highest BCUT2D eigenvalue weighted by molar-refractivity contribution is 6.22. The molecule has 0 spiro atoms. The minimum absolute atomic E-state index is 0.00815. The van der Waals surface area contributed by atoms with Gasteiger partial charge in [0.2, 0.25) is 0 Å². The quantitative estimate of drug-likeness (QED) is 0.319. The van der Waals surface area contributed by atoms with Gasteiger partial charge in [-0.1, -0.05) is 72.4 Å². The van der Waals surface area contributed by atoms with Crippen LogP contribution in [0, 0.1) is 46.8 Å². The van der Waals surface area contributed by atoms with Gasteiger partial charge in [0.05, 0.1) is 5.41 Å². The van der Waals surface area contributed by atoms with Crippen molar-refractivity contribution in [1.29, 1.82) is 0 Å². The molecule has 0 radical (unpaired) electrons. The summed E-state index contributed by atoms with van der Waals surface area (Å²) in [4.78, 5) is 43.8. The zero-order valence-electron chi connectivity index (χ0n) is 26.2. The molecule has 3 nitrogen and oxygen atoms in total. The van der Waals surface area contributed by atoms with E-state index in [4.69, 9.17) is 0 Å².